The van der Waals surface area contributed by atoms with Crippen LogP contribution in [0.2, 0.25) is 0 Å². The van der Waals surface area contributed by atoms with E-state index in [9.17, 15) is 0 Å². The van der Waals surface area contributed by atoms with Crippen molar-refractivity contribution < 1.29 is 9.47 Å². The average molecular weight is 304 g/mol. The van der Waals surface area contributed by atoms with Crippen LogP contribution in [0.25, 0.3) is 0 Å². The van der Waals surface area contributed by atoms with Crippen LogP contribution in [0, 0.1) is 6.92 Å². The molecule has 0 saturated heterocycles. The van der Waals surface area contributed by atoms with Gasteiger partial charge in [-0.05, 0) is 32.9 Å². The van der Waals surface area contributed by atoms with E-state index in [1.54, 1.807) is 11.3 Å². The van der Waals surface area contributed by atoms with Gasteiger partial charge in [0, 0.05) is 28.6 Å². The number of benzene rings is 1. The molecule has 3 rings (SSSR count). The van der Waals surface area contributed by atoms with E-state index >= 15 is 0 Å². The first kappa shape index (κ1) is 14.4. The Morgan fingerprint density at radius 2 is 2.33 bits per heavy atom. The standard InChI is InChI=1S/C16H20N2O2S/c1-4-19-14-6-11-5-10(3)20-13(11)7-12(14)15(17)16-18-9(2)8-21-16/h6-8,10,15H,4-5,17H2,1-3H3. The summed E-state index contributed by atoms with van der Waals surface area (Å²) in [5, 5.41) is 2.92. The lowest BCUT2D eigenvalue weighted by atomic mass is 10.0. The predicted octanol–water partition coefficient (Wildman–Crippen LogP) is 3.22. The van der Waals surface area contributed by atoms with E-state index in [-0.39, 0.29) is 12.1 Å². The minimum absolute atomic E-state index is 0.211. The fraction of sp³-hybridized carbons (Fsp3) is 0.438. The summed E-state index contributed by atoms with van der Waals surface area (Å²) in [4.78, 5) is 4.49. The molecule has 0 spiro atoms. The Morgan fingerprint density at radius 1 is 1.52 bits per heavy atom. The molecule has 0 aliphatic carbocycles. The molecule has 1 aliphatic heterocycles. The molecule has 4 nitrogen and oxygen atoms in total. The Morgan fingerprint density at radius 3 is 3.00 bits per heavy atom. The number of ether oxygens (including phenoxy) is 2. The van der Waals surface area contributed by atoms with E-state index in [1.165, 1.54) is 5.56 Å². The van der Waals surface area contributed by atoms with Gasteiger partial charge in [0.05, 0.1) is 12.6 Å². The van der Waals surface area contributed by atoms with E-state index in [1.807, 2.05) is 25.3 Å². The van der Waals surface area contributed by atoms with Gasteiger partial charge in [0.25, 0.3) is 0 Å². The molecule has 21 heavy (non-hydrogen) atoms. The van der Waals surface area contributed by atoms with Gasteiger partial charge in [-0.1, -0.05) is 0 Å². The molecule has 2 unspecified atom stereocenters. The number of aryl methyl sites for hydroxylation is 1. The Bertz CT molecular complexity index is 654. The maximum atomic E-state index is 6.40. The summed E-state index contributed by atoms with van der Waals surface area (Å²) in [6, 6.07) is 3.80. The lowest BCUT2D eigenvalue weighted by molar-refractivity contribution is 0.254. The minimum atomic E-state index is -0.282. The number of rotatable bonds is 4. The molecule has 0 fully saturated rings. The first-order valence-electron chi connectivity index (χ1n) is 7.22. The van der Waals surface area contributed by atoms with Gasteiger partial charge in [0.15, 0.2) is 0 Å². The lowest BCUT2D eigenvalue weighted by Gasteiger charge is -2.16. The highest BCUT2D eigenvalue weighted by Crippen LogP contribution is 2.39. The van der Waals surface area contributed by atoms with Gasteiger partial charge in [-0.15, -0.1) is 11.3 Å². The largest absolute Gasteiger partial charge is 0.494 e. The molecular weight excluding hydrogens is 284 g/mol. The second-order valence-electron chi connectivity index (χ2n) is 5.37. The Labute approximate surface area is 128 Å². The van der Waals surface area contributed by atoms with Crippen molar-refractivity contribution in [3.63, 3.8) is 0 Å². The summed E-state index contributed by atoms with van der Waals surface area (Å²) in [7, 11) is 0. The van der Waals surface area contributed by atoms with Crippen LogP contribution >= 0.6 is 11.3 Å². The molecule has 0 amide bonds. The van der Waals surface area contributed by atoms with Crippen molar-refractivity contribution in [1.29, 1.82) is 0 Å². The first-order chi connectivity index (χ1) is 10.1. The zero-order chi connectivity index (χ0) is 15.0. The van der Waals surface area contributed by atoms with E-state index in [0.29, 0.717) is 6.61 Å². The van der Waals surface area contributed by atoms with Crippen LogP contribution in [0.5, 0.6) is 11.5 Å². The molecule has 2 N–H and O–H groups in total. The molecule has 2 aromatic rings. The summed E-state index contributed by atoms with van der Waals surface area (Å²) in [5.41, 5.74) is 9.53. The molecule has 0 bridgehead atoms. The number of nitrogens with zero attached hydrogens (tertiary/aromatic N) is 1. The summed E-state index contributed by atoms with van der Waals surface area (Å²) < 4.78 is 11.6. The zero-order valence-corrected chi connectivity index (χ0v) is 13.4. The monoisotopic (exact) mass is 304 g/mol. The normalized spacial score (nSPS) is 18.2. The molecule has 1 aromatic carbocycles. The minimum Gasteiger partial charge on any atom is -0.494 e. The van der Waals surface area contributed by atoms with Crippen molar-refractivity contribution in [1.82, 2.24) is 4.98 Å². The number of nitrogens with two attached hydrogens (primary N) is 1. The maximum Gasteiger partial charge on any atom is 0.125 e. The number of aromatic nitrogens is 1. The van der Waals surface area contributed by atoms with Crippen LogP contribution in [0.3, 0.4) is 0 Å². The predicted molar refractivity (Wildman–Crippen MR) is 84.3 cm³/mol. The SMILES string of the molecule is CCOc1cc2c(cc1C(N)c1nc(C)cs1)OC(C)C2. The molecule has 112 valence electrons. The van der Waals surface area contributed by atoms with Crippen molar-refractivity contribution >= 4 is 11.3 Å². The highest BCUT2D eigenvalue weighted by molar-refractivity contribution is 7.09. The fourth-order valence-electron chi connectivity index (χ4n) is 2.63. The smallest absolute Gasteiger partial charge is 0.125 e. The van der Waals surface area contributed by atoms with Crippen LogP contribution in [0.1, 0.15) is 41.7 Å². The van der Waals surface area contributed by atoms with Gasteiger partial charge in [-0.25, -0.2) is 4.98 Å². The molecule has 1 aliphatic rings. The van der Waals surface area contributed by atoms with Crippen molar-refractivity contribution in [3.05, 3.63) is 39.3 Å². The summed E-state index contributed by atoms with van der Waals surface area (Å²) in [6.45, 7) is 6.65. The summed E-state index contributed by atoms with van der Waals surface area (Å²) in [5.74, 6) is 1.76. The summed E-state index contributed by atoms with van der Waals surface area (Å²) in [6.07, 6.45) is 1.13. The lowest BCUT2D eigenvalue weighted by Crippen LogP contribution is -2.14. The van der Waals surface area contributed by atoms with Gasteiger partial charge in [-0.2, -0.15) is 0 Å². The quantitative estimate of drug-likeness (QED) is 0.942. The molecule has 1 aromatic heterocycles. The third-order valence-electron chi connectivity index (χ3n) is 3.57. The first-order valence-corrected chi connectivity index (χ1v) is 8.10. The second-order valence-corrected chi connectivity index (χ2v) is 6.26. The maximum absolute atomic E-state index is 6.40. The topological polar surface area (TPSA) is 57.4 Å². The van der Waals surface area contributed by atoms with Gasteiger partial charge < -0.3 is 15.2 Å². The molecule has 2 atom stereocenters. The van der Waals surface area contributed by atoms with Crippen LogP contribution in [0.15, 0.2) is 17.5 Å². The zero-order valence-electron chi connectivity index (χ0n) is 12.6. The second kappa shape index (κ2) is 5.66. The van der Waals surface area contributed by atoms with E-state index < -0.39 is 0 Å². The molecule has 0 saturated carbocycles. The third-order valence-corrected chi connectivity index (χ3v) is 4.61. The van der Waals surface area contributed by atoms with Gasteiger partial charge in [0.1, 0.15) is 22.6 Å². The third kappa shape index (κ3) is 2.76. The Kier molecular flexibility index (Phi) is 3.87. The van der Waals surface area contributed by atoms with Gasteiger partial charge in [-0.3, -0.25) is 0 Å². The molecule has 0 radical (unpaired) electrons. The van der Waals surface area contributed by atoms with Crippen LogP contribution < -0.4 is 15.2 Å². The Hall–Kier alpha value is -1.59. The van der Waals surface area contributed by atoms with Crippen LogP contribution in [-0.4, -0.2) is 17.7 Å². The molecule has 5 heteroatoms. The van der Waals surface area contributed by atoms with Gasteiger partial charge >= 0.3 is 0 Å². The van der Waals surface area contributed by atoms with Crippen LogP contribution in [-0.2, 0) is 6.42 Å². The Balaban J connectivity index is 2.02. The van der Waals surface area contributed by atoms with E-state index in [4.69, 9.17) is 15.2 Å². The highest BCUT2D eigenvalue weighted by atomic mass is 32.1. The van der Waals surface area contributed by atoms with Crippen LogP contribution in [0.4, 0.5) is 0 Å². The van der Waals surface area contributed by atoms with Crippen molar-refractivity contribution in [3.8, 4) is 11.5 Å². The van der Waals surface area contributed by atoms with Crippen molar-refractivity contribution in [2.24, 2.45) is 5.73 Å². The summed E-state index contributed by atoms with van der Waals surface area (Å²) >= 11 is 1.58. The molecular formula is C16H20N2O2S. The molecule has 2 heterocycles. The van der Waals surface area contributed by atoms with E-state index in [2.05, 4.69) is 18.0 Å². The number of hydrogen-bond acceptors (Lipinski definition) is 5. The number of fused-ring (bicyclic) bond motifs is 1. The highest BCUT2D eigenvalue weighted by Gasteiger charge is 2.25. The van der Waals surface area contributed by atoms with E-state index in [0.717, 1.165) is 34.2 Å². The fourth-order valence-corrected chi connectivity index (χ4v) is 3.44. The number of hydrogen-bond donors (Lipinski definition) is 1. The number of thiazole rings is 1. The van der Waals surface area contributed by atoms with Gasteiger partial charge in [0.2, 0.25) is 0 Å². The average Bonchev–Trinajstić information content (AvgIpc) is 3.02. The van der Waals surface area contributed by atoms with Crippen molar-refractivity contribution in [2.75, 3.05) is 6.61 Å². The van der Waals surface area contributed by atoms with Crippen molar-refractivity contribution in [2.45, 2.75) is 39.3 Å².